The summed E-state index contributed by atoms with van der Waals surface area (Å²) in [6.07, 6.45) is 2.19. The van der Waals surface area contributed by atoms with E-state index in [1.54, 1.807) is 11.3 Å². The average molecular weight is 259 g/mol. The van der Waals surface area contributed by atoms with Gasteiger partial charge in [-0.1, -0.05) is 25.5 Å². The van der Waals surface area contributed by atoms with E-state index in [0.29, 0.717) is 6.54 Å². The molecule has 1 aromatic carbocycles. The molecule has 0 saturated carbocycles. The van der Waals surface area contributed by atoms with Crippen LogP contribution in [0.25, 0.3) is 0 Å². The van der Waals surface area contributed by atoms with Crippen molar-refractivity contribution in [1.29, 1.82) is 0 Å². The first kappa shape index (κ1) is 12.8. The highest BCUT2D eigenvalue weighted by Crippen LogP contribution is 2.08. The maximum absolute atomic E-state index is 11.9. The van der Waals surface area contributed by atoms with Gasteiger partial charge < -0.3 is 5.32 Å². The molecule has 2 rings (SSSR count). The number of aryl methyl sites for hydroxylation is 1. The van der Waals surface area contributed by atoms with Crippen LogP contribution in [-0.4, -0.2) is 5.91 Å². The molecule has 1 amide bonds. The van der Waals surface area contributed by atoms with Crippen molar-refractivity contribution in [3.63, 3.8) is 0 Å². The summed E-state index contributed by atoms with van der Waals surface area (Å²) in [6, 6.07) is 9.88. The van der Waals surface area contributed by atoms with Gasteiger partial charge in [-0.2, -0.15) is 11.3 Å². The van der Waals surface area contributed by atoms with Crippen LogP contribution in [0.3, 0.4) is 0 Å². The van der Waals surface area contributed by atoms with Gasteiger partial charge in [0, 0.05) is 12.1 Å². The van der Waals surface area contributed by atoms with E-state index in [0.717, 1.165) is 24.0 Å². The smallest absolute Gasteiger partial charge is 0.251 e. The Bertz CT molecular complexity index is 488. The first-order chi connectivity index (χ1) is 8.79. The highest BCUT2D eigenvalue weighted by Gasteiger charge is 2.04. The number of amides is 1. The van der Waals surface area contributed by atoms with Crippen LogP contribution in [0.4, 0.5) is 0 Å². The van der Waals surface area contributed by atoms with Crippen LogP contribution in [0.1, 0.15) is 34.8 Å². The van der Waals surface area contributed by atoms with Crippen LogP contribution in [0.2, 0.25) is 0 Å². The fourth-order valence-electron chi connectivity index (χ4n) is 1.79. The first-order valence-electron chi connectivity index (χ1n) is 6.18. The summed E-state index contributed by atoms with van der Waals surface area (Å²) in [4.78, 5) is 11.9. The number of benzene rings is 1. The average Bonchev–Trinajstić information content (AvgIpc) is 2.90. The fraction of sp³-hybridized carbons (Fsp3) is 0.267. The van der Waals surface area contributed by atoms with Crippen LogP contribution < -0.4 is 5.32 Å². The lowest BCUT2D eigenvalue weighted by Crippen LogP contribution is -2.22. The molecule has 3 heteroatoms. The number of carbonyl (C=O) groups excluding carboxylic acids is 1. The van der Waals surface area contributed by atoms with Crippen molar-refractivity contribution in [3.05, 3.63) is 57.8 Å². The Morgan fingerprint density at radius 2 is 1.94 bits per heavy atom. The molecule has 0 saturated heterocycles. The van der Waals surface area contributed by atoms with Crippen LogP contribution >= 0.6 is 11.3 Å². The molecule has 2 aromatic rings. The Balaban J connectivity index is 1.92. The quantitative estimate of drug-likeness (QED) is 0.873. The predicted octanol–water partition coefficient (Wildman–Crippen LogP) is 3.63. The Labute approximate surface area is 112 Å². The fourth-order valence-corrected chi connectivity index (χ4v) is 2.46. The van der Waals surface area contributed by atoms with Crippen LogP contribution in [0.5, 0.6) is 0 Å². The summed E-state index contributed by atoms with van der Waals surface area (Å²) >= 11 is 1.64. The molecule has 0 atom stereocenters. The van der Waals surface area contributed by atoms with Crippen LogP contribution in [-0.2, 0) is 13.0 Å². The summed E-state index contributed by atoms with van der Waals surface area (Å²) in [7, 11) is 0. The molecule has 0 radical (unpaired) electrons. The third kappa shape index (κ3) is 3.44. The molecular formula is C15H17NOS. The van der Waals surface area contributed by atoms with E-state index in [2.05, 4.69) is 12.2 Å². The summed E-state index contributed by atoms with van der Waals surface area (Å²) in [5.41, 5.74) is 3.16. The van der Waals surface area contributed by atoms with Gasteiger partial charge >= 0.3 is 0 Å². The van der Waals surface area contributed by atoms with Crippen molar-refractivity contribution in [1.82, 2.24) is 5.32 Å². The van der Waals surface area contributed by atoms with Crippen molar-refractivity contribution in [2.75, 3.05) is 0 Å². The lowest BCUT2D eigenvalue weighted by atomic mass is 10.1. The SMILES string of the molecule is CCCc1ccc(C(=O)NCc2ccsc2)cc1. The molecule has 0 fully saturated rings. The second-order valence-corrected chi connectivity index (χ2v) is 5.04. The molecule has 1 heterocycles. The monoisotopic (exact) mass is 259 g/mol. The van der Waals surface area contributed by atoms with E-state index in [-0.39, 0.29) is 5.91 Å². The van der Waals surface area contributed by atoms with E-state index < -0.39 is 0 Å². The highest BCUT2D eigenvalue weighted by molar-refractivity contribution is 7.07. The first-order valence-corrected chi connectivity index (χ1v) is 7.12. The standard InChI is InChI=1S/C15H17NOS/c1-2-3-12-4-6-14(7-5-12)15(17)16-10-13-8-9-18-11-13/h4-9,11H,2-3,10H2,1H3,(H,16,17). The zero-order chi connectivity index (χ0) is 12.8. The van der Waals surface area contributed by atoms with Gasteiger partial charge in [0.25, 0.3) is 5.91 Å². The van der Waals surface area contributed by atoms with Gasteiger partial charge in [-0.05, 0) is 46.5 Å². The molecule has 2 nitrogen and oxygen atoms in total. The predicted molar refractivity (Wildman–Crippen MR) is 75.9 cm³/mol. The van der Waals surface area contributed by atoms with Crippen molar-refractivity contribution in [2.45, 2.75) is 26.3 Å². The van der Waals surface area contributed by atoms with Crippen LogP contribution in [0, 0.1) is 0 Å². The molecule has 1 N–H and O–H groups in total. The minimum Gasteiger partial charge on any atom is -0.348 e. The van der Waals surface area contributed by atoms with E-state index >= 15 is 0 Å². The topological polar surface area (TPSA) is 29.1 Å². The lowest BCUT2D eigenvalue weighted by Gasteiger charge is -2.05. The minimum atomic E-state index is -0.00996. The lowest BCUT2D eigenvalue weighted by molar-refractivity contribution is 0.0951. The molecular weight excluding hydrogens is 242 g/mol. The van der Waals surface area contributed by atoms with Gasteiger partial charge in [-0.15, -0.1) is 0 Å². The van der Waals surface area contributed by atoms with Gasteiger partial charge in [0.15, 0.2) is 0 Å². The third-order valence-corrected chi connectivity index (χ3v) is 3.52. The normalized spacial score (nSPS) is 10.3. The number of nitrogens with one attached hydrogen (secondary N) is 1. The molecule has 0 bridgehead atoms. The van der Waals surface area contributed by atoms with Crippen LogP contribution in [0.15, 0.2) is 41.1 Å². The van der Waals surface area contributed by atoms with Gasteiger partial charge in [0.2, 0.25) is 0 Å². The maximum atomic E-state index is 11.9. The summed E-state index contributed by atoms with van der Waals surface area (Å²) in [6.45, 7) is 2.75. The van der Waals surface area contributed by atoms with E-state index in [1.165, 1.54) is 5.56 Å². The molecule has 0 unspecified atom stereocenters. The van der Waals surface area contributed by atoms with E-state index in [4.69, 9.17) is 0 Å². The van der Waals surface area contributed by atoms with Gasteiger partial charge in [0.05, 0.1) is 0 Å². The van der Waals surface area contributed by atoms with Crippen molar-refractivity contribution in [2.24, 2.45) is 0 Å². The van der Waals surface area contributed by atoms with E-state index in [9.17, 15) is 4.79 Å². The number of thiophene rings is 1. The zero-order valence-electron chi connectivity index (χ0n) is 10.5. The van der Waals surface area contributed by atoms with Crippen molar-refractivity contribution in [3.8, 4) is 0 Å². The molecule has 94 valence electrons. The molecule has 0 spiro atoms. The highest BCUT2D eigenvalue weighted by atomic mass is 32.1. The van der Waals surface area contributed by atoms with Crippen molar-refractivity contribution >= 4 is 17.2 Å². The van der Waals surface area contributed by atoms with Crippen molar-refractivity contribution < 1.29 is 4.79 Å². The van der Waals surface area contributed by atoms with Gasteiger partial charge in [-0.25, -0.2) is 0 Å². The minimum absolute atomic E-state index is 0.00996. The Morgan fingerprint density at radius 3 is 2.56 bits per heavy atom. The number of hydrogen-bond donors (Lipinski definition) is 1. The second-order valence-electron chi connectivity index (χ2n) is 4.26. The number of carbonyl (C=O) groups is 1. The van der Waals surface area contributed by atoms with Gasteiger partial charge in [0.1, 0.15) is 0 Å². The summed E-state index contributed by atoms with van der Waals surface area (Å²) < 4.78 is 0. The Hall–Kier alpha value is -1.61. The third-order valence-electron chi connectivity index (χ3n) is 2.79. The Morgan fingerprint density at radius 1 is 1.17 bits per heavy atom. The van der Waals surface area contributed by atoms with Gasteiger partial charge in [-0.3, -0.25) is 4.79 Å². The summed E-state index contributed by atoms with van der Waals surface area (Å²) in [5, 5.41) is 6.98. The largest absolute Gasteiger partial charge is 0.348 e. The Kier molecular flexibility index (Phi) is 4.53. The molecule has 0 aliphatic heterocycles. The number of rotatable bonds is 5. The summed E-state index contributed by atoms with van der Waals surface area (Å²) in [5.74, 6) is -0.00996. The molecule has 1 aromatic heterocycles. The zero-order valence-corrected chi connectivity index (χ0v) is 11.3. The molecule has 0 aliphatic rings. The maximum Gasteiger partial charge on any atom is 0.251 e. The number of hydrogen-bond acceptors (Lipinski definition) is 2. The molecule has 18 heavy (non-hydrogen) atoms. The van der Waals surface area contributed by atoms with E-state index in [1.807, 2.05) is 41.1 Å². The second kappa shape index (κ2) is 6.36. The molecule has 0 aliphatic carbocycles.